The number of benzene rings is 2. The molecular weight excluding hydrogens is 521 g/mol. The first-order valence-corrected chi connectivity index (χ1v) is 13.9. The Bertz CT molecular complexity index is 1290. The molecule has 1 saturated carbocycles. The number of nitrogens with zero attached hydrogens (tertiary/aromatic N) is 4. The Labute approximate surface area is 217 Å². The molecule has 3 unspecified atom stereocenters. The molecule has 2 aromatic carbocycles. The fraction of sp³-hybridized carbons (Fsp3) is 0.370. The number of nitrogens with two attached hydrogens (primary N) is 1. The standard InChI is InChI=1S/C27H31N5O3Se/c1-27(32-18-29-23-24(32)30-26(28)31-25(23)34-14-13-33-2)15-21(35-17-19-9-5-3-6-10-19)22(16-27)36-20-11-7-4-8-12-20/h3-12,18,21-22H,13-17H2,1-2H3,(H2,28,30,31). The van der Waals surface area contributed by atoms with Gasteiger partial charge in [0.1, 0.15) is 0 Å². The van der Waals surface area contributed by atoms with E-state index in [0.717, 1.165) is 12.8 Å². The third-order valence-corrected chi connectivity index (χ3v) is 9.29. The predicted octanol–water partition coefficient (Wildman–Crippen LogP) is 3.35. The summed E-state index contributed by atoms with van der Waals surface area (Å²) in [5, 5.41) is 0. The zero-order valence-electron chi connectivity index (χ0n) is 20.5. The number of rotatable bonds is 10. The van der Waals surface area contributed by atoms with Crippen LogP contribution >= 0.6 is 0 Å². The van der Waals surface area contributed by atoms with Crippen molar-refractivity contribution in [3.8, 4) is 5.88 Å². The van der Waals surface area contributed by atoms with Crippen LogP contribution < -0.4 is 14.9 Å². The third kappa shape index (κ3) is 5.39. The van der Waals surface area contributed by atoms with Gasteiger partial charge in [-0.05, 0) is 0 Å². The molecule has 9 heteroatoms. The summed E-state index contributed by atoms with van der Waals surface area (Å²) in [6, 6.07) is 21.1. The predicted molar refractivity (Wildman–Crippen MR) is 141 cm³/mol. The number of hydrogen-bond acceptors (Lipinski definition) is 7. The summed E-state index contributed by atoms with van der Waals surface area (Å²) in [7, 11) is 1.63. The molecule has 188 valence electrons. The zero-order valence-corrected chi connectivity index (χ0v) is 22.3. The second-order valence-corrected chi connectivity index (χ2v) is 12.0. The van der Waals surface area contributed by atoms with Crippen LogP contribution in [0.1, 0.15) is 25.3 Å². The number of aromatic nitrogens is 4. The minimum absolute atomic E-state index is 0.115. The van der Waals surface area contributed by atoms with Crippen molar-refractivity contribution in [2.24, 2.45) is 0 Å². The van der Waals surface area contributed by atoms with Gasteiger partial charge in [0.2, 0.25) is 0 Å². The normalized spacial score (nSPS) is 21.7. The van der Waals surface area contributed by atoms with E-state index in [4.69, 9.17) is 19.9 Å². The summed E-state index contributed by atoms with van der Waals surface area (Å²) >= 11 is 0.263. The molecule has 1 aliphatic rings. The quantitative estimate of drug-likeness (QED) is 0.238. The molecule has 1 aliphatic carbocycles. The van der Waals surface area contributed by atoms with Gasteiger partial charge in [-0.2, -0.15) is 0 Å². The molecule has 1 fully saturated rings. The number of hydrogen-bond donors (Lipinski definition) is 1. The molecule has 0 spiro atoms. The van der Waals surface area contributed by atoms with Gasteiger partial charge in [-0.15, -0.1) is 0 Å². The SMILES string of the molecule is COCCOc1nc(N)nc2c1ncn2C1(C)CC(OCc2ccccc2)C([Se]c2ccccc2)C1. The number of nitrogen functional groups attached to an aromatic ring is 1. The van der Waals surface area contributed by atoms with Crippen molar-refractivity contribution in [3.63, 3.8) is 0 Å². The maximum absolute atomic E-state index is 6.58. The Hall–Kier alpha value is -2.97. The summed E-state index contributed by atoms with van der Waals surface area (Å²) in [5.41, 5.74) is 8.32. The third-order valence-electron chi connectivity index (χ3n) is 6.52. The van der Waals surface area contributed by atoms with Gasteiger partial charge in [0.05, 0.1) is 0 Å². The van der Waals surface area contributed by atoms with E-state index in [1.807, 2.05) is 12.4 Å². The van der Waals surface area contributed by atoms with Gasteiger partial charge in [0, 0.05) is 0 Å². The Kier molecular flexibility index (Phi) is 7.53. The number of methoxy groups -OCH3 is 1. The van der Waals surface area contributed by atoms with Crippen molar-refractivity contribution in [1.29, 1.82) is 0 Å². The molecule has 5 rings (SSSR count). The fourth-order valence-electron chi connectivity index (χ4n) is 4.75. The van der Waals surface area contributed by atoms with E-state index in [-0.39, 0.29) is 32.5 Å². The Morgan fingerprint density at radius 2 is 1.78 bits per heavy atom. The van der Waals surface area contributed by atoms with E-state index in [2.05, 4.69) is 81.0 Å². The van der Waals surface area contributed by atoms with Crippen LogP contribution in [0.25, 0.3) is 11.2 Å². The van der Waals surface area contributed by atoms with Crippen molar-refractivity contribution < 1.29 is 14.2 Å². The van der Waals surface area contributed by atoms with Crippen LogP contribution in [0.4, 0.5) is 5.95 Å². The Balaban J connectivity index is 1.43. The first-order chi connectivity index (χ1) is 17.6. The molecule has 0 aliphatic heterocycles. The van der Waals surface area contributed by atoms with Crippen LogP contribution in [0.2, 0.25) is 4.82 Å². The van der Waals surface area contributed by atoms with Crippen LogP contribution in [0.15, 0.2) is 67.0 Å². The maximum atomic E-state index is 6.58. The van der Waals surface area contributed by atoms with Crippen LogP contribution in [-0.2, 0) is 21.6 Å². The van der Waals surface area contributed by atoms with Gasteiger partial charge >= 0.3 is 218 Å². The van der Waals surface area contributed by atoms with Gasteiger partial charge in [0.15, 0.2) is 0 Å². The Morgan fingerprint density at radius 3 is 2.53 bits per heavy atom. The van der Waals surface area contributed by atoms with Crippen molar-refractivity contribution in [3.05, 3.63) is 72.6 Å². The van der Waals surface area contributed by atoms with Crippen molar-refractivity contribution in [2.45, 2.75) is 42.8 Å². The molecule has 0 amide bonds. The van der Waals surface area contributed by atoms with E-state index in [9.17, 15) is 0 Å². The number of imidazole rings is 1. The van der Waals surface area contributed by atoms with E-state index in [0.29, 0.717) is 41.7 Å². The molecule has 2 aromatic heterocycles. The summed E-state index contributed by atoms with van der Waals surface area (Å²) in [6.07, 6.45) is 3.77. The summed E-state index contributed by atoms with van der Waals surface area (Å²) in [6.45, 7) is 3.68. The Morgan fingerprint density at radius 1 is 1.03 bits per heavy atom. The van der Waals surface area contributed by atoms with Gasteiger partial charge in [0.25, 0.3) is 0 Å². The molecule has 0 saturated heterocycles. The molecule has 4 aromatic rings. The summed E-state index contributed by atoms with van der Waals surface area (Å²) in [4.78, 5) is 13.9. The second-order valence-electron chi connectivity index (χ2n) is 9.22. The van der Waals surface area contributed by atoms with Crippen LogP contribution in [0.3, 0.4) is 0 Å². The van der Waals surface area contributed by atoms with Gasteiger partial charge < -0.3 is 0 Å². The van der Waals surface area contributed by atoms with Crippen molar-refractivity contribution >= 4 is 36.5 Å². The van der Waals surface area contributed by atoms with Crippen LogP contribution in [-0.4, -0.2) is 60.9 Å². The van der Waals surface area contributed by atoms with Crippen molar-refractivity contribution in [2.75, 3.05) is 26.1 Å². The van der Waals surface area contributed by atoms with E-state index >= 15 is 0 Å². The van der Waals surface area contributed by atoms with Crippen LogP contribution in [0.5, 0.6) is 5.88 Å². The van der Waals surface area contributed by atoms with Gasteiger partial charge in [-0.25, -0.2) is 0 Å². The average Bonchev–Trinajstić information content (AvgIpc) is 3.46. The molecule has 0 bridgehead atoms. The summed E-state index contributed by atoms with van der Waals surface area (Å²) < 4.78 is 21.0. The zero-order chi connectivity index (χ0) is 25.0. The monoisotopic (exact) mass is 553 g/mol. The van der Waals surface area contributed by atoms with Crippen molar-refractivity contribution in [1.82, 2.24) is 19.5 Å². The average molecular weight is 553 g/mol. The minimum atomic E-state index is -0.234. The molecule has 0 radical (unpaired) electrons. The first kappa shape index (κ1) is 24.7. The molecule has 3 atom stereocenters. The van der Waals surface area contributed by atoms with Gasteiger partial charge in [-0.1, -0.05) is 0 Å². The van der Waals surface area contributed by atoms with Gasteiger partial charge in [-0.3, -0.25) is 0 Å². The topological polar surface area (TPSA) is 97.3 Å². The second kappa shape index (κ2) is 11.0. The summed E-state index contributed by atoms with van der Waals surface area (Å²) in [5.74, 6) is 0.553. The fourth-order valence-corrected chi connectivity index (χ4v) is 7.76. The number of fused-ring (bicyclic) bond motifs is 1. The van der Waals surface area contributed by atoms with E-state index < -0.39 is 0 Å². The number of anilines is 1. The van der Waals surface area contributed by atoms with Crippen LogP contribution in [0, 0.1) is 0 Å². The molecule has 2 N–H and O–H groups in total. The molecular formula is C27H31N5O3Se. The molecule has 2 heterocycles. The van der Waals surface area contributed by atoms with E-state index in [1.54, 1.807) is 7.11 Å². The molecule has 8 nitrogen and oxygen atoms in total. The first-order valence-electron chi connectivity index (χ1n) is 12.1. The number of ether oxygens (including phenoxy) is 3. The molecule has 36 heavy (non-hydrogen) atoms. The van der Waals surface area contributed by atoms with E-state index in [1.165, 1.54) is 10.0 Å².